The number of carbonyl (C=O) groups is 1. The molecule has 1 aliphatic rings. The summed E-state index contributed by atoms with van der Waals surface area (Å²) >= 11 is 3.58. The predicted molar refractivity (Wildman–Crippen MR) is 79.4 cm³/mol. The van der Waals surface area contributed by atoms with E-state index >= 15 is 0 Å². The number of carbonyl (C=O) groups excluding carboxylic acids is 1. The minimum Gasteiger partial charge on any atom is -0.457 e. The van der Waals surface area contributed by atoms with Gasteiger partial charge in [-0.3, -0.25) is 0 Å². The molecule has 1 fully saturated rings. The van der Waals surface area contributed by atoms with Crippen molar-refractivity contribution in [3.63, 3.8) is 0 Å². The van der Waals surface area contributed by atoms with Crippen molar-refractivity contribution in [2.24, 2.45) is 0 Å². The van der Waals surface area contributed by atoms with Crippen LogP contribution in [0.2, 0.25) is 0 Å². The number of thioether (sulfide) groups is 2. The highest BCUT2D eigenvalue weighted by atomic mass is 32.2. The van der Waals surface area contributed by atoms with Crippen LogP contribution in [0.3, 0.4) is 0 Å². The van der Waals surface area contributed by atoms with Gasteiger partial charge in [-0.25, -0.2) is 4.79 Å². The van der Waals surface area contributed by atoms with Crippen LogP contribution in [0.4, 0.5) is 0 Å². The first kappa shape index (κ1) is 13.6. The molecule has 0 N–H and O–H groups in total. The van der Waals surface area contributed by atoms with E-state index in [-0.39, 0.29) is 12.1 Å². The van der Waals surface area contributed by atoms with E-state index in [0.717, 1.165) is 23.0 Å². The van der Waals surface area contributed by atoms with Gasteiger partial charge in [-0.05, 0) is 12.1 Å². The van der Waals surface area contributed by atoms with E-state index in [1.165, 1.54) is 5.57 Å². The molecule has 0 spiro atoms. The minimum atomic E-state index is -0.221. The molecule has 0 unspecified atom stereocenters. The van der Waals surface area contributed by atoms with E-state index in [0.29, 0.717) is 5.56 Å². The molecule has 0 radical (unpaired) electrons. The highest BCUT2D eigenvalue weighted by molar-refractivity contribution is 8.01. The number of benzene rings is 1. The lowest BCUT2D eigenvalue weighted by atomic mass is 10.2. The first-order valence-corrected chi connectivity index (χ1v) is 8.15. The molecule has 1 aromatic rings. The topological polar surface area (TPSA) is 26.3 Å². The molecule has 96 valence electrons. The maximum absolute atomic E-state index is 11.9. The summed E-state index contributed by atoms with van der Waals surface area (Å²) in [5.41, 5.74) is 1.89. The highest BCUT2D eigenvalue weighted by Gasteiger charge is 2.18. The van der Waals surface area contributed by atoms with E-state index in [2.05, 4.69) is 6.58 Å². The van der Waals surface area contributed by atoms with Crippen molar-refractivity contribution in [1.29, 1.82) is 0 Å². The number of hydrogen-bond acceptors (Lipinski definition) is 4. The van der Waals surface area contributed by atoms with Crippen molar-refractivity contribution >= 4 is 29.5 Å². The van der Waals surface area contributed by atoms with Crippen LogP contribution in [0.1, 0.15) is 10.4 Å². The smallest absolute Gasteiger partial charge is 0.338 e. The van der Waals surface area contributed by atoms with Gasteiger partial charge < -0.3 is 4.74 Å². The third-order valence-corrected chi connectivity index (χ3v) is 4.94. The van der Waals surface area contributed by atoms with Crippen molar-refractivity contribution in [2.45, 2.75) is 6.10 Å². The van der Waals surface area contributed by atoms with Crippen LogP contribution < -0.4 is 0 Å². The molecule has 1 saturated heterocycles. The summed E-state index contributed by atoms with van der Waals surface area (Å²) in [6.07, 6.45) is 0.000746. The molecule has 1 aromatic carbocycles. The number of hydrogen-bond donors (Lipinski definition) is 0. The molecular formula is C14H16O2S2. The Morgan fingerprint density at radius 1 is 1.17 bits per heavy atom. The monoisotopic (exact) mass is 280 g/mol. The standard InChI is InChI=1S/C14H16O2S2/c1-11-7-17-9-13(10-18-8-11)16-14(15)12-5-3-2-4-6-12/h2-6,13H,1,7-10H2. The fourth-order valence-electron chi connectivity index (χ4n) is 1.62. The molecule has 1 heterocycles. The van der Waals surface area contributed by atoms with Crippen LogP contribution in [0.5, 0.6) is 0 Å². The Labute approximate surface area is 116 Å². The van der Waals surface area contributed by atoms with Crippen LogP contribution in [0.25, 0.3) is 0 Å². The zero-order valence-electron chi connectivity index (χ0n) is 10.1. The summed E-state index contributed by atoms with van der Waals surface area (Å²) in [6.45, 7) is 4.00. The summed E-state index contributed by atoms with van der Waals surface area (Å²) in [6, 6.07) is 9.16. The summed E-state index contributed by atoms with van der Waals surface area (Å²) < 4.78 is 5.54. The van der Waals surface area contributed by atoms with Gasteiger partial charge in [-0.1, -0.05) is 30.4 Å². The fourth-order valence-corrected chi connectivity index (χ4v) is 3.81. The van der Waals surface area contributed by atoms with Gasteiger partial charge in [0.25, 0.3) is 0 Å². The van der Waals surface area contributed by atoms with E-state index < -0.39 is 0 Å². The molecule has 0 aliphatic carbocycles. The lowest BCUT2D eigenvalue weighted by Crippen LogP contribution is -2.25. The van der Waals surface area contributed by atoms with Crippen LogP contribution in [-0.2, 0) is 4.74 Å². The van der Waals surface area contributed by atoms with Crippen molar-refractivity contribution in [2.75, 3.05) is 23.0 Å². The van der Waals surface area contributed by atoms with E-state index in [9.17, 15) is 4.79 Å². The second kappa shape index (κ2) is 6.90. The Hall–Kier alpha value is -0.870. The quantitative estimate of drug-likeness (QED) is 0.613. The SMILES string of the molecule is C=C1CSCC(OC(=O)c2ccccc2)CSC1. The van der Waals surface area contributed by atoms with Crippen molar-refractivity contribution < 1.29 is 9.53 Å². The first-order valence-electron chi connectivity index (χ1n) is 5.84. The van der Waals surface area contributed by atoms with E-state index in [1.807, 2.05) is 18.2 Å². The molecule has 0 amide bonds. The zero-order valence-corrected chi connectivity index (χ0v) is 11.8. The number of rotatable bonds is 2. The van der Waals surface area contributed by atoms with Gasteiger partial charge in [0.1, 0.15) is 6.10 Å². The van der Waals surface area contributed by atoms with Crippen molar-refractivity contribution in [3.05, 3.63) is 48.0 Å². The van der Waals surface area contributed by atoms with Gasteiger partial charge >= 0.3 is 5.97 Å². The molecule has 1 aliphatic heterocycles. The van der Waals surface area contributed by atoms with Gasteiger partial charge in [0.05, 0.1) is 5.56 Å². The summed E-state index contributed by atoms with van der Waals surface area (Å²) in [7, 11) is 0. The minimum absolute atomic E-state index is 0.000746. The Kier molecular flexibility index (Phi) is 5.20. The first-order chi connectivity index (χ1) is 8.75. The molecule has 0 atom stereocenters. The zero-order chi connectivity index (χ0) is 12.8. The van der Waals surface area contributed by atoms with Gasteiger partial charge in [0, 0.05) is 23.0 Å². The molecule has 0 bridgehead atoms. The normalized spacial score (nSPS) is 17.9. The van der Waals surface area contributed by atoms with Gasteiger partial charge in [0.15, 0.2) is 0 Å². The van der Waals surface area contributed by atoms with Gasteiger partial charge in [0.2, 0.25) is 0 Å². The molecular weight excluding hydrogens is 264 g/mol. The number of ether oxygens (including phenoxy) is 1. The molecule has 0 saturated carbocycles. The maximum atomic E-state index is 11.9. The third kappa shape index (κ3) is 4.10. The van der Waals surface area contributed by atoms with E-state index in [4.69, 9.17) is 4.74 Å². The second-order valence-corrected chi connectivity index (χ2v) is 6.23. The van der Waals surface area contributed by atoms with Crippen LogP contribution in [-0.4, -0.2) is 35.1 Å². The Morgan fingerprint density at radius 3 is 2.39 bits per heavy atom. The fraction of sp³-hybridized carbons (Fsp3) is 0.357. The lowest BCUT2D eigenvalue weighted by Gasteiger charge is -2.20. The summed E-state index contributed by atoms with van der Waals surface area (Å²) in [5.74, 6) is 3.41. The van der Waals surface area contributed by atoms with Crippen LogP contribution in [0.15, 0.2) is 42.5 Å². The second-order valence-electron chi connectivity index (χ2n) is 4.17. The molecule has 4 heteroatoms. The molecule has 0 aromatic heterocycles. The summed E-state index contributed by atoms with van der Waals surface area (Å²) in [5, 5.41) is 0. The molecule has 2 rings (SSSR count). The predicted octanol–water partition coefficient (Wildman–Crippen LogP) is 3.25. The average Bonchev–Trinajstić information content (AvgIpc) is 2.37. The van der Waals surface area contributed by atoms with E-state index in [1.54, 1.807) is 35.7 Å². The van der Waals surface area contributed by atoms with Crippen molar-refractivity contribution in [3.8, 4) is 0 Å². The van der Waals surface area contributed by atoms with Gasteiger partial charge in [-0.15, -0.1) is 0 Å². The molecule has 18 heavy (non-hydrogen) atoms. The third-order valence-electron chi connectivity index (χ3n) is 2.50. The Morgan fingerprint density at radius 2 is 1.78 bits per heavy atom. The Bertz CT molecular complexity index is 405. The number of esters is 1. The average molecular weight is 280 g/mol. The van der Waals surface area contributed by atoms with Crippen LogP contribution in [0, 0.1) is 0 Å². The van der Waals surface area contributed by atoms with Crippen LogP contribution >= 0.6 is 23.5 Å². The van der Waals surface area contributed by atoms with Crippen molar-refractivity contribution in [1.82, 2.24) is 0 Å². The highest BCUT2D eigenvalue weighted by Crippen LogP contribution is 2.21. The summed E-state index contributed by atoms with van der Waals surface area (Å²) in [4.78, 5) is 11.9. The largest absolute Gasteiger partial charge is 0.457 e. The Balaban J connectivity index is 1.89. The van der Waals surface area contributed by atoms with Gasteiger partial charge in [-0.2, -0.15) is 23.5 Å². The molecule has 2 nitrogen and oxygen atoms in total. The maximum Gasteiger partial charge on any atom is 0.338 e. The lowest BCUT2D eigenvalue weighted by molar-refractivity contribution is 0.0394.